The topological polar surface area (TPSA) is 29.5 Å². The fourth-order valence-corrected chi connectivity index (χ4v) is 2.34. The number of aliphatic hydroxyl groups is 1. The molecule has 17 heavy (non-hydrogen) atoms. The Morgan fingerprint density at radius 3 is 2.53 bits per heavy atom. The Kier molecular flexibility index (Phi) is 2.17. The maximum Gasteiger partial charge on any atom is 0.125 e. The van der Waals surface area contributed by atoms with E-state index in [0.29, 0.717) is 6.61 Å². The van der Waals surface area contributed by atoms with Crippen molar-refractivity contribution in [2.75, 3.05) is 6.61 Å². The number of fused-ring (bicyclic) bond motifs is 2. The van der Waals surface area contributed by atoms with Gasteiger partial charge in [-0.25, -0.2) is 0 Å². The number of benzene rings is 2. The Morgan fingerprint density at radius 2 is 1.82 bits per heavy atom. The summed E-state index contributed by atoms with van der Waals surface area (Å²) in [6.45, 7) is 4.60. The number of rotatable bonds is 0. The molecule has 1 unspecified atom stereocenters. The molecule has 1 atom stereocenters. The van der Waals surface area contributed by atoms with E-state index in [0.717, 1.165) is 22.1 Å². The molecule has 1 aliphatic rings. The standard InChI is InChI=1S/C15H16O2/c1-15(2)9-17-13-8-11-6-4-3-5-10(11)7-12(13)14(15)16/h3-8,14,16H,9H2,1-2H3. The second kappa shape index (κ2) is 3.47. The van der Waals surface area contributed by atoms with Crippen LogP contribution in [0.5, 0.6) is 5.75 Å². The highest BCUT2D eigenvalue weighted by atomic mass is 16.5. The Bertz CT molecular complexity index is 572. The van der Waals surface area contributed by atoms with E-state index >= 15 is 0 Å². The quantitative estimate of drug-likeness (QED) is 0.749. The predicted molar refractivity (Wildman–Crippen MR) is 68.2 cm³/mol. The zero-order chi connectivity index (χ0) is 12.0. The summed E-state index contributed by atoms with van der Waals surface area (Å²) in [5.41, 5.74) is 0.676. The minimum absolute atomic E-state index is 0.227. The van der Waals surface area contributed by atoms with Gasteiger partial charge in [-0.1, -0.05) is 38.1 Å². The molecule has 0 spiro atoms. The van der Waals surface area contributed by atoms with Crippen molar-refractivity contribution < 1.29 is 9.84 Å². The smallest absolute Gasteiger partial charge is 0.125 e. The van der Waals surface area contributed by atoms with Crippen LogP contribution >= 0.6 is 0 Å². The maximum atomic E-state index is 10.4. The molecule has 2 nitrogen and oxygen atoms in total. The van der Waals surface area contributed by atoms with Crippen LogP contribution in [-0.2, 0) is 0 Å². The lowest BCUT2D eigenvalue weighted by Crippen LogP contribution is -2.33. The van der Waals surface area contributed by atoms with Crippen molar-refractivity contribution in [3.05, 3.63) is 42.0 Å². The number of aliphatic hydroxyl groups excluding tert-OH is 1. The summed E-state index contributed by atoms with van der Waals surface area (Å²) in [7, 11) is 0. The molecule has 0 saturated heterocycles. The fraction of sp³-hybridized carbons (Fsp3) is 0.333. The van der Waals surface area contributed by atoms with E-state index in [1.807, 2.05) is 38.1 Å². The predicted octanol–water partition coefficient (Wildman–Crippen LogP) is 3.29. The van der Waals surface area contributed by atoms with Gasteiger partial charge < -0.3 is 9.84 Å². The highest BCUT2D eigenvalue weighted by molar-refractivity contribution is 5.85. The van der Waals surface area contributed by atoms with Crippen LogP contribution in [0.25, 0.3) is 10.8 Å². The molecule has 3 rings (SSSR count). The van der Waals surface area contributed by atoms with E-state index in [1.165, 1.54) is 0 Å². The molecule has 2 aromatic carbocycles. The molecule has 2 aromatic rings. The second-order valence-electron chi connectivity index (χ2n) is 5.42. The van der Waals surface area contributed by atoms with E-state index < -0.39 is 6.10 Å². The fourth-order valence-electron chi connectivity index (χ4n) is 2.34. The Balaban J connectivity index is 2.22. The average Bonchev–Trinajstić information content (AvgIpc) is 2.33. The monoisotopic (exact) mass is 228 g/mol. The van der Waals surface area contributed by atoms with E-state index in [-0.39, 0.29) is 5.41 Å². The molecule has 0 bridgehead atoms. The summed E-state index contributed by atoms with van der Waals surface area (Å²) in [6.07, 6.45) is -0.462. The van der Waals surface area contributed by atoms with Gasteiger partial charge in [-0.3, -0.25) is 0 Å². The minimum Gasteiger partial charge on any atom is -0.493 e. The molecule has 0 radical (unpaired) electrons. The largest absolute Gasteiger partial charge is 0.493 e. The van der Waals surface area contributed by atoms with Gasteiger partial charge in [0.1, 0.15) is 5.75 Å². The molecule has 0 amide bonds. The molecule has 1 N–H and O–H groups in total. The van der Waals surface area contributed by atoms with E-state index in [2.05, 4.69) is 12.1 Å². The molecular formula is C15H16O2. The summed E-state index contributed by atoms with van der Waals surface area (Å²) < 4.78 is 5.76. The van der Waals surface area contributed by atoms with Crippen LogP contribution in [0.4, 0.5) is 0 Å². The lowest BCUT2D eigenvalue weighted by atomic mass is 9.81. The van der Waals surface area contributed by atoms with Crippen LogP contribution < -0.4 is 4.74 Å². The van der Waals surface area contributed by atoms with Gasteiger partial charge in [-0.15, -0.1) is 0 Å². The van der Waals surface area contributed by atoms with Crippen LogP contribution in [0.3, 0.4) is 0 Å². The first-order chi connectivity index (χ1) is 8.08. The van der Waals surface area contributed by atoms with Crippen LogP contribution in [0.2, 0.25) is 0 Å². The van der Waals surface area contributed by atoms with Crippen molar-refractivity contribution in [1.29, 1.82) is 0 Å². The first-order valence-electron chi connectivity index (χ1n) is 5.91. The highest BCUT2D eigenvalue weighted by Crippen LogP contribution is 2.43. The lowest BCUT2D eigenvalue weighted by molar-refractivity contribution is -0.00698. The summed E-state index contributed by atoms with van der Waals surface area (Å²) in [6, 6.07) is 12.2. The molecule has 1 heterocycles. The van der Waals surface area contributed by atoms with Gasteiger partial charge in [-0.2, -0.15) is 0 Å². The summed E-state index contributed by atoms with van der Waals surface area (Å²) >= 11 is 0. The number of hydrogen-bond donors (Lipinski definition) is 1. The highest BCUT2D eigenvalue weighted by Gasteiger charge is 2.36. The number of ether oxygens (including phenoxy) is 1. The van der Waals surface area contributed by atoms with Gasteiger partial charge in [-0.05, 0) is 22.9 Å². The normalized spacial score (nSPS) is 21.9. The van der Waals surface area contributed by atoms with Crippen LogP contribution in [0.1, 0.15) is 25.5 Å². The Hall–Kier alpha value is -1.54. The van der Waals surface area contributed by atoms with Crippen molar-refractivity contribution in [1.82, 2.24) is 0 Å². The van der Waals surface area contributed by atoms with Crippen LogP contribution in [0.15, 0.2) is 36.4 Å². The van der Waals surface area contributed by atoms with E-state index in [4.69, 9.17) is 4.74 Å². The van der Waals surface area contributed by atoms with Crippen molar-refractivity contribution in [2.24, 2.45) is 5.41 Å². The van der Waals surface area contributed by atoms with Crippen molar-refractivity contribution in [3.63, 3.8) is 0 Å². The third-order valence-corrected chi connectivity index (χ3v) is 3.51. The average molecular weight is 228 g/mol. The third kappa shape index (κ3) is 1.60. The zero-order valence-corrected chi connectivity index (χ0v) is 10.1. The van der Waals surface area contributed by atoms with Gasteiger partial charge in [0, 0.05) is 11.0 Å². The van der Waals surface area contributed by atoms with Crippen LogP contribution in [0, 0.1) is 5.41 Å². The van der Waals surface area contributed by atoms with Gasteiger partial charge >= 0.3 is 0 Å². The van der Waals surface area contributed by atoms with Gasteiger partial charge in [0.05, 0.1) is 12.7 Å². The molecule has 88 valence electrons. The van der Waals surface area contributed by atoms with E-state index in [9.17, 15) is 5.11 Å². The van der Waals surface area contributed by atoms with Crippen molar-refractivity contribution in [3.8, 4) is 5.75 Å². The second-order valence-corrected chi connectivity index (χ2v) is 5.42. The third-order valence-electron chi connectivity index (χ3n) is 3.51. The molecule has 2 heteroatoms. The summed E-state index contributed by atoms with van der Waals surface area (Å²) in [5.74, 6) is 0.815. The molecule has 0 aromatic heterocycles. The first-order valence-corrected chi connectivity index (χ1v) is 5.91. The van der Waals surface area contributed by atoms with Crippen molar-refractivity contribution in [2.45, 2.75) is 20.0 Å². The first kappa shape index (κ1) is 10.6. The zero-order valence-electron chi connectivity index (χ0n) is 10.1. The Labute approximate surface area is 101 Å². The maximum absolute atomic E-state index is 10.4. The minimum atomic E-state index is -0.462. The van der Waals surface area contributed by atoms with Gasteiger partial charge in [0.25, 0.3) is 0 Å². The molecular weight excluding hydrogens is 212 g/mol. The summed E-state index contributed by atoms with van der Waals surface area (Å²) in [4.78, 5) is 0. The number of hydrogen-bond acceptors (Lipinski definition) is 2. The van der Waals surface area contributed by atoms with E-state index in [1.54, 1.807) is 0 Å². The molecule has 1 aliphatic heterocycles. The van der Waals surface area contributed by atoms with Crippen LogP contribution in [-0.4, -0.2) is 11.7 Å². The SMILES string of the molecule is CC1(C)COc2cc3ccccc3cc2C1O. The van der Waals surface area contributed by atoms with Crippen molar-refractivity contribution >= 4 is 10.8 Å². The molecule has 0 fully saturated rings. The molecule has 0 saturated carbocycles. The van der Waals surface area contributed by atoms with Gasteiger partial charge in [0.2, 0.25) is 0 Å². The Morgan fingerprint density at radius 1 is 1.18 bits per heavy atom. The lowest BCUT2D eigenvalue weighted by Gasteiger charge is -2.36. The summed E-state index contributed by atoms with van der Waals surface area (Å²) in [5, 5.41) is 12.7. The molecule has 0 aliphatic carbocycles. The van der Waals surface area contributed by atoms with Gasteiger partial charge in [0.15, 0.2) is 0 Å².